The molecule has 0 aliphatic carbocycles. The number of carbonyl (C=O) groups excluding carboxylic acids is 1. The van der Waals surface area contributed by atoms with E-state index in [-0.39, 0.29) is 18.1 Å². The Morgan fingerprint density at radius 1 is 1.53 bits per heavy atom. The molecule has 0 aliphatic rings. The number of carboxylic acids is 1. The van der Waals surface area contributed by atoms with Crippen LogP contribution in [-0.4, -0.2) is 35.1 Å². The van der Waals surface area contributed by atoms with Gasteiger partial charge in [0.25, 0.3) is 0 Å². The first-order valence-electron chi connectivity index (χ1n) is 5.84. The summed E-state index contributed by atoms with van der Waals surface area (Å²) in [6.45, 7) is 4.73. The number of nitrogens with zero attached hydrogens (tertiary/aromatic N) is 1. The molecule has 0 bridgehead atoms. The van der Waals surface area contributed by atoms with E-state index in [1.54, 1.807) is 5.38 Å². The summed E-state index contributed by atoms with van der Waals surface area (Å²) in [6, 6.07) is -1.14. The molecule has 106 valence electrons. The van der Waals surface area contributed by atoms with Crippen LogP contribution in [0.5, 0.6) is 0 Å². The standard InChI is InChI=1S/C11H18N4O3S/c1-6(2)3-13-8(16)4-14-11-15-7(5-19-11)9(12)10(17)18/h5-6,9H,3-4,12H2,1-2H3,(H,13,16)(H,14,15)(H,17,18). The molecule has 0 aromatic carbocycles. The van der Waals surface area contributed by atoms with Crippen LogP contribution < -0.4 is 16.4 Å². The zero-order valence-corrected chi connectivity index (χ0v) is 11.7. The van der Waals surface area contributed by atoms with Crippen molar-refractivity contribution in [1.82, 2.24) is 10.3 Å². The Balaban J connectivity index is 2.42. The number of hydrogen-bond acceptors (Lipinski definition) is 6. The summed E-state index contributed by atoms with van der Waals surface area (Å²) in [5.74, 6) is -0.872. The third-order valence-electron chi connectivity index (χ3n) is 2.21. The minimum atomic E-state index is -1.14. The van der Waals surface area contributed by atoms with Crippen molar-refractivity contribution in [1.29, 1.82) is 0 Å². The first kappa shape index (κ1) is 15.4. The molecule has 1 aromatic heterocycles. The van der Waals surface area contributed by atoms with Crippen molar-refractivity contribution < 1.29 is 14.7 Å². The maximum Gasteiger partial charge on any atom is 0.326 e. The van der Waals surface area contributed by atoms with E-state index in [1.165, 1.54) is 11.3 Å². The third kappa shape index (κ3) is 5.23. The van der Waals surface area contributed by atoms with Gasteiger partial charge >= 0.3 is 5.97 Å². The summed E-state index contributed by atoms with van der Waals surface area (Å²) in [5, 5.41) is 16.4. The second kappa shape index (κ2) is 7.05. The highest BCUT2D eigenvalue weighted by molar-refractivity contribution is 7.13. The summed E-state index contributed by atoms with van der Waals surface area (Å²) < 4.78 is 0. The second-order valence-corrected chi connectivity index (χ2v) is 5.30. The molecule has 1 heterocycles. The van der Waals surface area contributed by atoms with Crippen LogP contribution in [0.1, 0.15) is 25.6 Å². The molecular formula is C11H18N4O3S. The fraction of sp³-hybridized carbons (Fsp3) is 0.545. The molecule has 1 unspecified atom stereocenters. The van der Waals surface area contributed by atoms with Gasteiger partial charge < -0.3 is 21.5 Å². The van der Waals surface area contributed by atoms with Crippen LogP contribution in [0.2, 0.25) is 0 Å². The molecule has 19 heavy (non-hydrogen) atoms. The van der Waals surface area contributed by atoms with E-state index in [9.17, 15) is 9.59 Å². The molecule has 1 atom stereocenters. The predicted octanol–water partition coefficient (Wildman–Crippen LogP) is 0.412. The number of amides is 1. The molecule has 0 saturated heterocycles. The number of anilines is 1. The van der Waals surface area contributed by atoms with Crippen LogP contribution >= 0.6 is 11.3 Å². The maximum absolute atomic E-state index is 11.5. The monoisotopic (exact) mass is 286 g/mol. The lowest BCUT2D eigenvalue weighted by Crippen LogP contribution is -2.32. The Hall–Kier alpha value is -1.67. The van der Waals surface area contributed by atoms with Crippen LogP contribution in [0.15, 0.2) is 5.38 Å². The number of thiazole rings is 1. The molecule has 1 amide bonds. The fourth-order valence-electron chi connectivity index (χ4n) is 1.17. The quantitative estimate of drug-likeness (QED) is 0.577. The Morgan fingerprint density at radius 2 is 2.21 bits per heavy atom. The molecule has 5 N–H and O–H groups in total. The van der Waals surface area contributed by atoms with Crippen molar-refractivity contribution in [2.24, 2.45) is 11.7 Å². The summed E-state index contributed by atoms with van der Waals surface area (Å²) in [6.07, 6.45) is 0. The molecule has 0 fully saturated rings. The number of nitrogens with one attached hydrogen (secondary N) is 2. The molecule has 8 heteroatoms. The normalized spacial score (nSPS) is 12.2. The van der Waals surface area contributed by atoms with Crippen LogP contribution in [-0.2, 0) is 9.59 Å². The summed E-state index contributed by atoms with van der Waals surface area (Å²) in [5.41, 5.74) is 5.71. The van der Waals surface area contributed by atoms with Crippen molar-refractivity contribution in [2.45, 2.75) is 19.9 Å². The Kier molecular flexibility index (Phi) is 5.71. The lowest BCUT2D eigenvalue weighted by atomic mass is 10.2. The summed E-state index contributed by atoms with van der Waals surface area (Å²) in [7, 11) is 0. The van der Waals surface area contributed by atoms with Gasteiger partial charge in [-0.2, -0.15) is 0 Å². The average Bonchev–Trinajstić information content (AvgIpc) is 2.81. The smallest absolute Gasteiger partial charge is 0.326 e. The van der Waals surface area contributed by atoms with Crippen molar-refractivity contribution in [3.63, 3.8) is 0 Å². The molecule has 0 radical (unpaired) electrons. The number of aliphatic carboxylic acids is 1. The SMILES string of the molecule is CC(C)CNC(=O)CNc1nc(C(N)C(=O)O)cs1. The van der Waals surface area contributed by atoms with E-state index >= 15 is 0 Å². The van der Waals surface area contributed by atoms with E-state index in [4.69, 9.17) is 10.8 Å². The molecular weight excluding hydrogens is 268 g/mol. The van der Waals surface area contributed by atoms with Gasteiger partial charge in [0, 0.05) is 11.9 Å². The summed E-state index contributed by atoms with van der Waals surface area (Å²) >= 11 is 1.22. The highest BCUT2D eigenvalue weighted by Gasteiger charge is 2.17. The van der Waals surface area contributed by atoms with Crippen LogP contribution in [0.3, 0.4) is 0 Å². The number of carbonyl (C=O) groups is 2. The topological polar surface area (TPSA) is 117 Å². The van der Waals surface area contributed by atoms with Crippen LogP contribution in [0.25, 0.3) is 0 Å². The molecule has 0 spiro atoms. The van der Waals surface area contributed by atoms with Crippen LogP contribution in [0, 0.1) is 5.92 Å². The molecule has 0 aliphatic heterocycles. The van der Waals surface area contributed by atoms with Crippen molar-refractivity contribution >= 4 is 28.3 Å². The van der Waals surface area contributed by atoms with Crippen LogP contribution in [0.4, 0.5) is 5.13 Å². The Morgan fingerprint density at radius 3 is 2.79 bits per heavy atom. The number of hydrogen-bond donors (Lipinski definition) is 4. The van der Waals surface area contributed by atoms with Gasteiger partial charge in [-0.15, -0.1) is 11.3 Å². The average molecular weight is 286 g/mol. The van der Waals surface area contributed by atoms with E-state index in [0.717, 1.165) is 0 Å². The minimum absolute atomic E-state index is 0.0992. The van der Waals surface area contributed by atoms with Gasteiger partial charge in [0.2, 0.25) is 5.91 Å². The molecule has 0 saturated carbocycles. The van der Waals surface area contributed by atoms with Gasteiger partial charge in [-0.3, -0.25) is 9.59 Å². The minimum Gasteiger partial charge on any atom is -0.480 e. The third-order valence-corrected chi connectivity index (χ3v) is 3.03. The van der Waals surface area contributed by atoms with Gasteiger partial charge in [-0.05, 0) is 5.92 Å². The number of aromatic nitrogens is 1. The second-order valence-electron chi connectivity index (χ2n) is 4.44. The van der Waals surface area contributed by atoms with E-state index in [0.29, 0.717) is 17.6 Å². The number of rotatable bonds is 7. The molecule has 1 rings (SSSR count). The summed E-state index contributed by atoms with van der Waals surface area (Å²) in [4.78, 5) is 26.2. The van der Waals surface area contributed by atoms with Gasteiger partial charge in [-0.1, -0.05) is 13.8 Å². The van der Waals surface area contributed by atoms with Crippen molar-refractivity contribution in [2.75, 3.05) is 18.4 Å². The van der Waals surface area contributed by atoms with Gasteiger partial charge in [0.1, 0.15) is 6.04 Å². The predicted molar refractivity (Wildman–Crippen MR) is 73.0 cm³/mol. The van der Waals surface area contributed by atoms with E-state index in [1.807, 2.05) is 13.8 Å². The van der Waals surface area contributed by atoms with Gasteiger partial charge in [-0.25, -0.2) is 4.98 Å². The maximum atomic E-state index is 11.5. The van der Waals surface area contributed by atoms with Gasteiger partial charge in [0.05, 0.1) is 12.2 Å². The first-order valence-corrected chi connectivity index (χ1v) is 6.72. The number of carboxylic acid groups (broad SMARTS) is 1. The van der Waals surface area contributed by atoms with E-state index in [2.05, 4.69) is 15.6 Å². The lowest BCUT2D eigenvalue weighted by Gasteiger charge is -2.07. The fourth-order valence-corrected chi connectivity index (χ4v) is 1.92. The zero-order chi connectivity index (χ0) is 14.4. The number of nitrogens with two attached hydrogens (primary N) is 1. The van der Waals surface area contributed by atoms with Gasteiger partial charge in [0.15, 0.2) is 5.13 Å². The molecule has 7 nitrogen and oxygen atoms in total. The highest BCUT2D eigenvalue weighted by Crippen LogP contribution is 2.19. The Labute approximate surface area is 115 Å². The Bertz CT molecular complexity index is 447. The molecule has 1 aromatic rings. The van der Waals surface area contributed by atoms with E-state index < -0.39 is 12.0 Å². The van der Waals surface area contributed by atoms with Crippen molar-refractivity contribution in [3.8, 4) is 0 Å². The lowest BCUT2D eigenvalue weighted by molar-refractivity contribution is -0.138. The zero-order valence-electron chi connectivity index (χ0n) is 10.8. The largest absolute Gasteiger partial charge is 0.480 e. The first-order chi connectivity index (χ1) is 8.90. The van der Waals surface area contributed by atoms with Crippen molar-refractivity contribution in [3.05, 3.63) is 11.1 Å². The highest BCUT2D eigenvalue weighted by atomic mass is 32.1.